The summed E-state index contributed by atoms with van der Waals surface area (Å²) in [5, 5.41) is 4.71. The predicted octanol–water partition coefficient (Wildman–Crippen LogP) is 3.31. The van der Waals surface area contributed by atoms with E-state index in [-0.39, 0.29) is 12.3 Å². The Balaban J connectivity index is 1.76. The van der Waals surface area contributed by atoms with E-state index in [1.165, 1.54) is 10.6 Å². The normalized spacial score (nSPS) is 21.9. The van der Waals surface area contributed by atoms with Crippen molar-refractivity contribution >= 4 is 0 Å². The van der Waals surface area contributed by atoms with Crippen LogP contribution in [0.4, 0.5) is 0 Å². The van der Waals surface area contributed by atoms with Crippen LogP contribution in [0.2, 0.25) is 0 Å². The van der Waals surface area contributed by atoms with E-state index >= 15 is 0 Å². The van der Waals surface area contributed by atoms with Crippen LogP contribution in [0, 0.1) is 4.91 Å². The summed E-state index contributed by atoms with van der Waals surface area (Å²) < 4.78 is 5.76. The number of ether oxygens (including phenoxy) is 1. The van der Waals surface area contributed by atoms with Crippen molar-refractivity contribution < 1.29 is 4.74 Å². The lowest BCUT2D eigenvalue weighted by atomic mass is 10.1. The van der Waals surface area contributed by atoms with E-state index in [0.717, 1.165) is 12.0 Å². The van der Waals surface area contributed by atoms with E-state index in [0.29, 0.717) is 6.61 Å². The summed E-state index contributed by atoms with van der Waals surface area (Å²) in [6.07, 6.45) is 0.387. The van der Waals surface area contributed by atoms with Crippen molar-refractivity contribution in [1.82, 2.24) is 5.01 Å². The van der Waals surface area contributed by atoms with Gasteiger partial charge in [-0.1, -0.05) is 60.7 Å². The Morgan fingerprint density at radius 3 is 2.35 bits per heavy atom. The molecule has 4 heteroatoms. The Hall–Kier alpha value is -2.20. The molecule has 1 saturated heterocycles. The van der Waals surface area contributed by atoms with Crippen molar-refractivity contribution in [3.05, 3.63) is 76.7 Å². The SMILES string of the molecule is O=NN1[C@@H](Cc2ccccc2)CO[C@H]1c1ccccc1. The van der Waals surface area contributed by atoms with Crippen molar-refractivity contribution in [2.45, 2.75) is 18.7 Å². The van der Waals surface area contributed by atoms with E-state index in [4.69, 9.17) is 4.74 Å². The minimum absolute atomic E-state index is 0.0138. The van der Waals surface area contributed by atoms with Crippen molar-refractivity contribution in [1.29, 1.82) is 0 Å². The maximum atomic E-state index is 11.2. The molecule has 2 atom stereocenters. The summed E-state index contributed by atoms with van der Waals surface area (Å²) >= 11 is 0. The molecular weight excluding hydrogens is 252 g/mol. The minimum Gasteiger partial charge on any atom is -0.350 e. The third kappa shape index (κ3) is 2.56. The highest BCUT2D eigenvalue weighted by atomic mass is 16.5. The van der Waals surface area contributed by atoms with Crippen molar-refractivity contribution in [3.8, 4) is 0 Å². The van der Waals surface area contributed by atoms with Crippen LogP contribution in [0.15, 0.2) is 65.9 Å². The van der Waals surface area contributed by atoms with Gasteiger partial charge in [-0.05, 0) is 12.0 Å². The van der Waals surface area contributed by atoms with Crippen LogP contribution in [0.1, 0.15) is 17.4 Å². The first kappa shape index (κ1) is 12.8. The molecule has 1 aliphatic rings. The first-order valence-corrected chi connectivity index (χ1v) is 6.70. The van der Waals surface area contributed by atoms with Gasteiger partial charge in [0.05, 0.1) is 17.9 Å². The van der Waals surface area contributed by atoms with Gasteiger partial charge in [-0.15, -0.1) is 4.91 Å². The van der Waals surface area contributed by atoms with Crippen LogP contribution >= 0.6 is 0 Å². The summed E-state index contributed by atoms with van der Waals surface area (Å²) in [6.45, 7) is 0.514. The fourth-order valence-corrected chi connectivity index (χ4v) is 2.56. The molecule has 0 N–H and O–H groups in total. The van der Waals surface area contributed by atoms with Crippen molar-refractivity contribution in [3.63, 3.8) is 0 Å². The standard InChI is InChI=1S/C16H16N2O2/c19-17-18-15(11-13-7-3-1-4-8-13)12-20-16(18)14-9-5-2-6-10-14/h1-10,15-16H,11-12H2/t15-,16-/m0/s1. The molecule has 0 amide bonds. The number of hydrogen-bond acceptors (Lipinski definition) is 3. The lowest BCUT2D eigenvalue weighted by molar-refractivity contribution is 0.0295. The van der Waals surface area contributed by atoms with Gasteiger partial charge in [0.2, 0.25) is 0 Å². The molecule has 102 valence electrons. The minimum atomic E-state index is -0.373. The fourth-order valence-electron chi connectivity index (χ4n) is 2.56. The van der Waals surface area contributed by atoms with Gasteiger partial charge < -0.3 is 4.74 Å². The average Bonchev–Trinajstić information content (AvgIpc) is 2.92. The zero-order valence-corrected chi connectivity index (χ0v) is 11.1. The van der Waals surface area contributed by atoms with Crippen LogP contribution in [-0.4, -0.2) is 17.7 Å². The zero-order chi connectivity index (χ0) is 13.8. The van der Waals surface area contributed by atoms with E-state index < -0.39 is 0 Å². The largest absolute Gasteiger partial charge is 0.350 e. The third-order valence-corrected chi connectivity index (χ3v) is 3.55. The van der Waals surface area contributed by atoms with Gasteiger partial charge in [-0.3, -0.25) is 0 Å². The number of nitrogens with zero attached hydrogens (tertiary/aromatic N) is 2. The van der Waals surface area contributed by atoms with E-state index in [9.17, 15) is 4.91 Å². The van der Waals surface area contributed by atoms with Crippen molar-refractivity contribution in [2.75, 3.05) is 6.61 Å². The molecular formula is C16H16N2O2. The average molecular weight is 268 g/mol. The molecule has 20 heavy (non-hydrogen) atoms. The molecule has 2 aromatic carbocycles. The molecule has 1 heterocycles. The number of nitroso groups, excluding NO2 is 1. The highest BCUT2D eigenvalue weighted by Crippen LogP contribution is 2.32. The molecule has 0 aliphatic carbocycles. The third-order valence-electron chi connectivity index (χ3n) is 3.55. The van der Waals surface area contributed by atoms with Crippen LogP contribution in [0.25, 0.3) is 0 Å². The lowest BCUT2D eigenvalue weighted by Crippen LogP contribution is -2.29. The van der Waals surface area contributed by atoms with E-state index in [1.807, 2.05) is 48.5 Å². The van der Waals surface area contributed by atoms with E-state index in [2.05, 4.69) is 17.4 Å². The van der Waals surface area contributed by atoms with Gasteiger partial charge in [-0.2, -0.15) is 0 Å². The molecule has 4 nitrogen and oxygen atoms in total. The summed E-state index contributed by atoms with van der Waals surface area (Å²) in [4.78, 5) is 11.2. The Labute approximate surface area is 117 Å². The van der Waals surface area contributed by atoms with Gasteiger partial charge in [-0.25, -0.2) is 5.01 Å². The Kier molecular flexibility index (Phi) is 3.74. The molecule has 0 aromatic heterocycles. The maximum absolute atomic E-state index is 11.2. The van der Waals surface area contributed by atoms with Gasteiger partial charge in [0, 0.05) is 5.56 Å². The van der Waals surface area contributed by atoms with Gasteiger partial charge in [0.1, 0.15) is 0 Å². The maximum Gasteiger partial charge on any atom is 0.175 e. The second-order valence-electron chi connectivity index (χ2n) is 4.90. The van der Waals surface area contributed by atoms with Crippen LogP contribution in [0.3, 0.4) is 0 Å². The van der Waals surface area contributed by atoms with Gasteiger partial charge in [0.25, 0.3) is 0 Å². The van der Waals surface area contributed by atoms with Crippen LogP contribution in [-0.2, 0) is 11.2 Å². The lowest BCUT2D eigenvalue weighted by Gasteiger charge is -2.21. The highest BCUT2D eigenvalue weighted by molar-refractivity contribution is 5.20. The molecule has 0 unspecified atom stereocenters. The Morgan fingerprint density at radius 2 is 1.70 bits per heavy atom. The monoisotopic (exact) mass is 268 g/mol. The van der Waals surface area contributed by atoms with Gasteiger partial charge >= 0.3 is 0 Å². The molecule has 0 bridgehead atoms. The summed E-state index contributed by atoms with van der Waals surface area (Å²) in [7, 11) is 0. The number of hydrogen-bond donors (Lipinski definition) is 0. The summed E-state index contributed by atoms with van der Waals surface area (Å²) in [5.74, 6) is 0. The quantitative estimate of drug-likeness (QED) is 0.799. The number of benzene rings is 2. The number of rotatable bonds is 4. The summed E-state index contributed by atoms with van der Waals surface area (Å²) in [6, 6.07) is 19.8. The van der Waals surface area contributed by atoms with E-state index in [1.54, 1.807) is 0 Å². The highest BCUT2D eigenvalue weighted by Gasteiger charge is 2.35. The van der Waals surface area contributed by atoms with Crippen LogP contribution in [0.5, 0.6) is 0 Å². The molecule has 0 radical (unpaired) electrons. The smallest absolute Gasteiger partial charge is 0.175 e. The van der Waals surface area contributed by atoms with Crippen LogP contribution < -0.4 is 0 Å². The molecule has 0 spiro atoms. The molecule has 3 rings (SSSR count). The predicted molar refractivity (Wildman–Crippen MR) is 76.7 cm³/mol. The topological polar surface area (TPSA) is 41.9 Å². The fraction of sp³-hybridized carbons (Fsp3) is 0.250. The second kappa shape index (κ2) is 5.84. The first-order valence-electron chi connectivity index (χ1n) is 6.70. The Bertz CT molecular complexity index is 559. The molecule has 2 aromatic rings. The molecule has 1 aliphatic heterocycles. The zero-order valence-electron chi connectivity index (χ0n) is 11.1. The van der Waals surface area contributed by atoms with Gasteiger partial charge in [0.15, 0.2) is 6.23 Å². The first-order chi connectivity index (χ1) is 9.88. The summed E-state index contributed by atoms with van der Waals surface area (Å²) in [5.41, 5.74) is 2.14. The molecule has 0 saturated carbocycles. The molecule has 1 fully saturated rings. The van der Waals surface area contributed by atoms with Crippen molar-refractivity contribution in [2.24, 2.45) is 5.29 Å². The second-order valence-corrected chi connectivity index (χ2v) is 4.90. The Morgan fingerprint density at radius 1 is 1.05 bits per heavy atom.